The van der Waals surface area contributed by atoms with Gasteiger partial charge in [0.1, 0.15) is 4.90 Å². The van der Waals surface area contributed by atoms with Gasteiger partial charge in [-0.1, -0.05) is 17.7 Å². The predicted octanol–water partition coefficient (Wildman–Crippen LogP) is 1.33. The van der Waals surface area contributed by atoms with Crippen LogP contribution in [0, 0.1) is 0 Å². The first-order chi connectivity index (χ1) is 8.44. The Kier molecular flexibility index (Phi) is 3.82. The minimum Gasteiger partial charge on any atom is -0.398 e. The molecule has 2 rings (SSSR count). The van der Waals surface area contributed by atoms with Crippen LogP contribution in [0.4, 0.5) is 5.69 Å². The van der Waals surface area contributed by atoms with Crippen LogP contribution >= 0.6 is 11.6 Å². The van der Waals surface area contributed by atoms with Crippen molar-refractivity contribution in [2.75, 3.05) is 25.5 Å². The molecule has 7 heteroatoms. The van der Waals surface area contributed by atoms with Gasteiger partial charge in [0.15, 0.2) is 0 Å². The Morgan fingerprint density at radius 1 is 1.50 bits per heavy atom. The standard InChI is InChI=1S/C11H15ClN2O3S/c1-8-7-17-6-5-14(8)18(15,16)11-9(12)3-2-4-10(11)13/h2-4,8H,5-7,13H2,1H3. The van der Waals surface area contributed by atoms with Gasteiger partial charge < -0.3 is 10.5 Å². The van der Waals surface area contributed by atoms with E-state index in [1.165, 1.54) is 16.4 Å². The summed E-state index contributed by atoms with van der Waals surface area (Å²) in [5.74, 6) is 0. The largest absolute Gasteiger partial charge is 0.398 e. The molecule has 1 fully saturated rings. The second-order valence-electron chi connectivity index (χ2n) is 4.20. The fraction of sp³-hybridized carbons (Fsp3) is 0.455. The predicted molar refractivity (Wildman–Crippen MR) is 70.0 cm³/mol. The SMILES string of the molecule is CC1COCCN1S(=O)(=O)c1c(N)cccc1Cl. The van der Waals surface area contributed by atoms with E-state index in [1.54, 1.807) is 13.0 Å². The van der Waals surface area contributed by atoms with Gasteiger partial charge in [0, 0.05) is 12.6 Å². The van der Waals surface area contributed by atoms with E-state index in [9.17, 15) is 8.42 Å². The monoisotopic (exact) mass is 290 g/mol. The van der Waals surface area contributed by atoms with E-state index in [1.807, 2.05) is 0 Å². The van der Waals surface area contributed by atoms with Gasteiger partial charge in [-0.25, -0.2) is 8.42 Å². The van der Waals surface area contributed by atoms with Crippen molar-refractivity contribution in [2.24, 2.45) is 0 Å². The van der Waals surface area contributed by atoms with Gasteiger partial charge in [0.2, 0.25) is 10.0 Å². The van der Waals surface area contributed by atoms with Crippen molar-refractivity contribution in [3.63, 3.8) is 0 Å². The van der Waals surface area contributed by atoms with Crippen LogP contribution in [0.2, 0.25) is 5.02 Å². The third kappa shape index (κ3) is 2.33. The lowest BCUT2D eigenvalue weighted by Gasteiger charge is -2.32. The van der Waals surface area contributed by atoms with E-state index in [-0.39, 0.29) is 21.6 Å². The Balaban J connectivity index is 2.48. The molecule has 1 atom stereocenters. The highest BCUT2D eigenvalue weighted by Gasteiger charge is 2.34. The Hall–Kier alpha value is -0.820. The molecule has 1 aliphatic heterocycles. The Morgan fingerprint density at radius 2 is 2.22 bits per heavy atom. The van der Waals surface area contributed by atoms with Crippen molar-refractivity contribution in [1.29, 1.82) is 0 Å². The van der Waals surface area contributed by atoms with Crippen molar-refractivity contribution in [3.8, 4) is 0 Å². The van der Waals surface area contributed by atoms with Gasteiger partial charge in [0.05, 0.1) is 23.9 Å². The molecule has 5 nitrogen and oxygen atoms in total. The number of morpholine rings is 1. The zero-order chi connectivity index (χ0) is 13.3. The van der Waals surface area contributed by atoms with Crippen LogP contribution in [0.5, 0.6) is 0 Å². The van der Waals surface area contributed by atoms with Crippen molar-refractivity contribution >= 4 is 27.3 Å². The third-order valence-corrected chi connectivity index (χ3v) is 5.43. The highest BCUT2D eigenvalue weighted by molar-refractivity contribution is 7.89. The van der Waals surface area contributed by atoms with Gasteiger partial charge in [-0.05, 0) is 19.1 Å². The molecule has 0 spiro atoms. The van der Waals surface area contributed by atoms with Crippen LogP contribution in [-0.2, 0) is 14.8 Å². The molecule has 0 saturated carbocycles. The molecule has 0 amide bonds. The zero-order valence-corrected chi connectivity index (χ0v) is 11.5. The van der Waals surface area contributed by atoms with Crippen molar-refractivity contribution in [2.45, 2.75) is 17.9 Å². The average molecular weight is 291 g/mol. The molecule has 2 N–H and O–H groups in total. The number of hydrogen-bond acceptors (Lipinski definition) is 4. The molecule has 1 heterocycles. The number of halogens is 1. The van der Waals surface area contributed by atoms with Crippen LogP contribution in [-0.4, -0.2) is 38.5 Å². The van der Waals surface area contributed by atoms with Crippen LogP contribution in [0.25, 0.3) is 0 Å². The van der Waals surface area contributed by atoms with Gasteiger partial charge in [0.25, 0.3) is 0 Å². The number of nitrogens with two attached hydrogens (primary N) is 1. The van der Waals surface area contributed by atoms with Gasteiger partial charge in [-0.2, -0.15) is 4.31 Å². The van der Waals surface area contributed by atoms with Crippen molar-refractivity contribution in [1.82, 2.24) is 4.31 Å². The second kappa shape index (κ2) is 5.05. The molecule has 0 radical (unpaired) electrons. The summed E-state index contributed by atoms with van der Waals surface area (Å²) in [5.41, 5.74) is 5.91. The first-order valence-corrected chi connectivity index (χ1v) is 7.40. The lowest BCUT2D eigenvalue weighted by atomic mass is 10.3. The molecule has 0 bridgehead atoms. The molecule has 1 aromatic carbocycles. The number of anilines is 1. The van der Waals surface area contributed by atoms with E-state index < -0.39 is 10.0 Å². The van der Waals surface area contributed by atoms with E-state index in [0.29, 0.717) is 19.8 Å². The number of hydrogen-bond donors (Lipinski definition) is 1. The van der Waals surface area contributed by atoms with E-state index in [4.69, 9.17) is 22.1 Å². The topological polar surface area (TPSA) is 72.6 Å². The summed E-state index contributed by atoms with van der Waals surface area (Å²) < 4.78 is 31.7. The highest BCUT2D eigenvalue weighted by Crippen LogP contribution is 2.31. The number of sulfonamides is 1. The maximum atomic E-state index is 12.5. The number of nitrogen functional groups attached to an aromatic ring is 1. The van der Waals surface area contributed by atoms with Gasteiger partial charge in [-0.15, -0.1) is 0 Å². The average Bonchev–Trinajstić information content (AvgIpc) is 2.28. The van der Waals surface area contributed by atoms with E-state index in [0.717, 1.165) is 0 Å². The van der Waals surface area contributed by atoms with Gasteiger partial charge in [-0.3, -0.25) is 0 Å². The fourth-order valence-corrected chi connectivity index (χ4v) is 4.22. The molecule has 18 heavy (non-hydrogen) atoms. The van der Waals surface area contributed by atoms with E-state index in [2.05, 4.69) is 0 Å². The quantitative estimate of drug-likeness (QED) is 0.834. The molecule has 1 unspecified atom stereocenters. The molecule has 100 valence electrons. The molecular weight excluding hydrogens is 276 g/mol. The smallest absolute Gasteiger partial charge is 0.247 e. The number of rotatable bonds is 2. The van der Waals surface area contributed by atoms with Crippen LogP contribution in [0.1, 0.15) is 6.92 Å². The number of nitrogens with zero attached hydrogens (tertiary/aromatic N) is 1. The summed E-state index contributed by atoms with van der Waals surface area (Å²) in [7, 11) is -3.68. The van der Waals surface area contributed by atoms with Crippen LogP contribution in [0.15, 0.2) is 23.1 Å². The summed E-state index contributed by atoms with van der Waals surface area (Å²) in [4.78, 5) is -0.0135. The first-order valence-electron chi connectivity index (χ1n) is 5.58. The minimum atomic E-state index is -3.68. The second-order valence-corrected chi connectivity index (χ2v) is 6.43. The lowest BCUT2D eigenvalue weighted by molar-refractivity contribution is 0.0393. The van der Waals surface area contributed by atoms with Crippen LogP contribution in [0.3, 0.4) is 0 Å². The molecule has 1 aromatic rings. The Morgan fingerprint density at radius 3 is 2.83 bits per heavy atom. The summed E-state index contributed by atoms with van der Waals surface area (Å²) in [6, 6.07) is 4.46. The molecule has 0 aromatic heterocycles. The maximum absolute atomic E-state index is 12.5. The number of benzene rings is 1. The molecule has 0 aliphatic carbocycles. The molecule has 1 aliphatic rings. The maximum Gasteiger partial charge on any atom is 0.247 e. The van der Waals surface area contributed by atoms with E-state index >= 15 is 0 Å². The fourth-order valence-electron chi connectivity index (χ4n) is 1.98. The normalized spacial score (nSPS) is 22.0. The van der Waals surface area contributed by atoms with Gasteiger partial charge >= 0.3 is 0 Å². The third-order valence-electron chi connectivity index (χ3n) is 2.87. The Labute approximate surface area is 112 Å². The lowest BCUT2D eigenvalue weighted by Crippen LogP contribution is -2.47. The summed E-state index contributed by atoms with van der Waals surface area (Å²) in [6.45, 7) is 2.87. The van der Waals surface area contributed by atoms with Crippen LogP contribution < -0.4 is 5.73 Å². The summed E-state index contributed by atoms with van der Waals surface area (Å²) >= 11 is 5.96. The number of ether oxygens (including phenoxy) is 1. The first kappa shape index (κ1) is 13.6. The molecule has 1 saturated heterocycles. The highest BCUT2D eigenvalue weighted by atomic mass is 35.5. The van der Waals surface area contributed by atoms with Crippen molar-refractivity contribution in [3.05, 3.63) is 23.2 Å². The summed E-state index contributed by atoms with van der Waals surface area (Å²) in [5, 5.41) is 0.147. The minimum absolute atomic E-state index is 0.0135. The van der Waals surface area contributed by atoms with Crippen molar-refractivity contribution < 1.29 is 13.2 Å². The molecular formula is C11H15ClN2O3S. The Bertz CT molecular complexity index is 527. The summed E-state index contributed by atoms with van der Waals surface area (Å²) in [6.07, 6.45) is 0. The zero-order valence-electron chi connectivity index (χ0n) is 9.97.